The Hall–Kier alpha value is -5.17. The number of rotatable bonds is 14. The van der Waals surface area contributed by atoms with Crippen molar-refractivity contribution in [1.29, 1.82) is 0 Å². The van der Waals surface area contributed by atoms with Crippen LogP contribution in [0.4, 0.5) is 0 Å². The number of hydrogen-bond acceptors (Lipinski definition) is 7. The van der Waals surface area contributed by atoms with E-state index < -0.39 is 35.9 Å². The van der Waals surface area contributed by atoms with Gasteiger partial charge in [0.25, 0.3) is 0 Å². The first kappa shape index (κ1) is 30.8. The first-order chi connectivity index (χ1) is 20.7. The molecule has 0 unspecified atom stereocenters. The molecule has 0 saturated heterocycles. The molecule has 0 spiro atoms. The average molecular weight is 588 g/mol. The van der Waals surface area contributed by atoms with Crippen molar-refractivity contribution in [3.63, 3.8) is 0 Å². The van der Waals surface area contributed by atoms with Crippen LogP contribution in [0, 0.1) is 0 Å². The lowest BCUT2D eigenvalue weighted by atomic mass is 10.0. The quantitative estimate of drug-likeness (QED) is 0.0484. The summed E-state index contributed by atoms with van der Waals surface area (Å²) >= 11 is 0. The molecule has 10 N–H and O–H groups in total. The third-order valence-corrected chi connectivity index (χ3v) is 6.93. The Morgan fingerprint density at radius 1 is 0.977 bits per heavy atom. The summed E-state index contributed by atoms with van der Waals surface area (Å²) in [6, 6.07) is 14.2. The molecule has 43 heavy (non-hydrogen) atoms. The molecule has 0 aliphatic carbocycles. The maximum Gasteiger partial charge on any atom is 0.328 e. The number of aliphatic imine (C=N–C) groups is 1. The Kier molecular flexibility index (Phi) is 10.5. The number of hydrogen-bond donors (Lipinski definition) is 7. The van der Waals surface area contributed by atoms with E-state index in [2.05, 4.69) is 30.6 Å². The summed E-state index contributed by atoms with van der Waals surface area (Å²) in [7, 11) is 1.24. The number of amides is 2. The van der Waals surface area contributed by atoms with Gasteiger partial charge in [0.15, 0.2) is 5.96 Å². The van der Waals surface area contributed by atoms with Crippen molar-refractivity contribution in [1.82, 2.24) is 25.6 Å². The number of guanidine groups is 1. The molecule has 13 heteroatoms. The Balaban J connectivity index is 1.48. The van der Waals surface area contributed by atoms with Crippen LogP contribution in [0.3, 0.4) is 0 Å². The topological polar surface area (TPSA) is 219 Å². The summed E-state index contributed by atoms with van der Waals surface area (Å²) < 4.78 is 4.89. The van der Waals surface area contributed by atoms with Crippen molar-refractivity contribution in [2.24, 2.45) is 22.2 Å². The molecule has 4 rings (SSSR count). The molecular formula is C30H37N9O4. The molecule has 13 nitrogen and oxygen atoms in total. The van der Waals surface area contributed by atoms with Crippen LogP contribution in [0.1, 0.15) is 24.1 Å². The van der Waals surface area contributed by atoms with Gasteiger partial charge in [-0.1, -0.05) is 48.5 Å². The fraction of sp³-hybridized carbons (Fsp3) is 0.300. The number of methoxy groups -OCH3 is 1. The molecule has 0 aliphatic heterocycles. The van der Waals surface area contributed by atoms with E-state index >= 15 is 0 Å². The van der Waals surface area contributed by atoms with E-state index in [0.717, 1.165) is 22.0 Å². The lowest BCUT2D eigenvalue weighted by molar-refractivity contribution is -0.145. The molecule has 0 aliphatic rings. The van der Waals surface area contributed by atoms with E-state index in [-0.39, 0.29) is 31.8 Å². The van der Waals surface area contributed by atoms with Crippen molar-refractivity contribution in [3.05, 3.63) is 78.2 Å². The molecular weight excluding hydrogens is 550 g/mol. The van der Waals surface area contributed by atoms with E-state index in [4.69, 9.17) is 21.9 Å². The van der Waals surface area contributed by atoms with Crippen LogP contribution < -0.4 is 27.8 Å². The smallest absolute Gasteiger partial charge is 0.328 e. The number of nitrogens with two attached hydrogens (primary N) is 3. The van der Waals surface area contributed by atoms with Gasteiger partial charge in [0.1, 0.15) is 17.9 Å². The normalized spacial score (nSPS) is 13.1. The highest BCUT2D eigenvalue weighted by molar-refractivity contribution is 5.93. The van der Waals surface area contributed by atoms with Gasteiger partial charge in [-0.3, -0.25) is 14.6 Å². The number of aromatic nitrogens is 3. The second-order valence-electron chi connectivity index (χ2n) is 10.1. The van der Waals surface area contributed by atoms with Crippen molar-refractivity contribution in [2.75, 3.05) is 13.7 Å². The summed E-state index contributed by atoms with van der Waals surface area (Å²) in [5, 5.41) is 6.43. The molecule has 3 atom stereocenters. The third kappa shape index (κ3) is 8.42. The zero-order chi connectivity index (χ0) is 30.8. The lowest BCUT2D eigenvalue weighted by Crippen LogP contribution is -2.55. The van der Waals surface area contributed by atoms with Crippen LogP contribution in [-0.4, -0.2) is 70.5 Å². The fourth-order valence-corrected chi connectivity index (χ4v) is 4.71. The van der Waals surface area contributed by atoms with Crippen LogP contribution in [-0.2, 0) is 32.0 Å². The number of carbonyl (C=O) groups is 3. The highest BCUT2D eigenvalue weighted by Gasteiger charge is 2.29. The number of nitrogens with one attached hydrogen (secondary N) is 4. The second-order valence-corrected chi connectivity index (χ2v) is 10.1. The molecule has 226 valence electrons. The number of fused-ring (bicyclic) bond motifs is 1. The molecule has 4 aromatic rings. The maximum atomic E-state index is 13.6. The van der Waals surface area contributed by atoms with Gasteiger partial charge in [0, 0.05) is 53.9 Å². The molecule has 0 saturated carbocycles. The predicted octanol–water partition coefficient (Wildman–Crippen LogP) is 0.867. The van der Waals surface area contributed by atoms with Gasteiger partial charge in [-0.15, -0.1) is 0 Å². The maximum absolute atomic E-state index is 13.6. The minimum absolute atomic E-state index is 0.0667. The number of H-pyrrole nitrogens is 2. The number of carbonyl (C=O) groups excluding carboxylic acids is 3. The summed E-state index contributed by atoms with van der Waals surface area (Å²) in [6.07, 6.45) is 4.39. The van der Waals surface area contributed by atoms with Crippen LogP contribution in [0.15, 0.2) is 72.0 Å². The minimum atomic E-state index is -1.04. The fourth-order valence-electron chi connectivity index (χ4n) is 4.71. The number of nitrogens with zero attached hydrogens (tertiary/aromatic N) is 2. The molecule has 2 aromatic heterocycles. The first-order valence-electron chi connectivity index (χ1n) is 13.9. The van der Waals surface area contributed by atoms with E-state index in [9.17, 15) is 14.4 Å². The van der Waals surface area contributed by atoms with Crippen LogP contribution >= 0.6 is 0 Å². The van der Waals surface area contributed by atoms with E-state index in [1.165, 1.54) is 7.11 Å². The molecule has 2 aromatic carbocycles. The van der Waals surface area contributed by atoms with Crippen molar-refractivity contribution < 1.29 is 19.1 Å². The highest BCUT2D eigenvalue weighted by Crippen LogP contribution is 2.20. The number of imidazole rings is 1. The Morgan fingerprint density at radius 2 is 1.70 bits per heavy atom. The molecule has 2 heterocycles. The lowest BCUT2D eigenvalue weighted by Gasteiger charge is -2.23. The minimum Gasteiger partial charge on any atom is -0.467 e. The van der Waals surface area contributed by atoms with E-state index in [1.54, 1.807) is 12.4 Å². The number of benzene rings is 2. The van der Waals surface area contributed by atoms with E-state index in [1.807, 2.05) is 54.6 Å². The largest absolute Gasteiger partial charge is 0.467 e. The molecule has 0 radical (unpaired) electrons. The van der Waals surface area contributed by atoms with Gasteiger partial charge < -0.3 is 42.5 Å². The number of esters is 1. The van der Waals surface area contributed by atoms with Crippen molar-refractivity contribution >= 4 is 34.6 Å². The standard InChI is InChI=1S/C30H37N9O4/c1-43-29(42)24(12-7-13-34-30(32)33)38-28(41)25(14-19-16-35-23-11-6-5-10-21(19)23)39-27(40)22(31)15-20-17-36-26(37-20)18-8-3-2-4-9-18/h2-6,8-11,16-17,22,24-25,35H,7,12-15,31H2,1H3,(H,36,37)(H,38,41)(H,39,40)(H4,32,33,34)/t22-,24-,25-/m0/s1. The summed E-state index contributed by atoms with van der Waals surface area (Å²) in [5.74, 6) is -1.12. The zero-order valence-electron chi connectivity index (χ0n) is 23.9. The van der Waals surface area contributed by atoms with Gasteiger partial charge in [-0.25, -0.2) is 9.78 Å². The average Bonchev–Trinajstić information content (AvgIpc) is 3.65. The predicted molar refractivity (Wildman–Crippen MR) is 163 cm³/mol. The van der Waals surface area contributed by atoms with Crippen LogP contribution in [0.25, 0.3) is 22.3 Å². The molecule has 2 amide bonds. The Bertz CT molecular complexity index is 1560. The van der Waals surface area contributed by atoms with Gasteiger partial charge in [-0.05, 0) is 24.5 Å². The molecule has 0 bridgehead atoms. The van der Waals surface area contributed by atoms with Gasteiger partial charge in [-0.2, -0.15) is 0 Å². The van der Waals surface area contributed by atoms with Gasteiger partial charge >= 0.3 is 5.97 Å². The number of ether oxygens (including phenoxy) is 1. The monoisotopic (exact) mass is 587 g/mol. The van der Waals surface area contributed by atoms with Crippen LogP contribution in [0.2, 0.25) is 0 Å². The summed E-state index contributed by atoms with van der Waals surface area (Å²) in [6.45, 7) is 0.273. The number of para-hydroxylation sites is 1. The van der Waals surface area contributed by atoms with Gasteiger partial charge in [0.05, 0.1) is 13.2 Å². The highest BCUT2D eigenvalue weighted by atomic mass is 16.5. The van der Waals surface area contributed by atoms with E-state index in [0.29, 0.717) is 17.9 Å². The van der Waals surface area contributed by atoms with Gasteiger partial charge in [0.2, 0.25) is 11.8 Å². The van der Waals surface area contributed by atoms with Crippen molar-refractivity contribution in [2.45, 2.75) is 43.8 Å². The second kappa shape index (κ2) is 14.6. The Morgan fingerprint density at radius 3 is 2.44 bits per heavy atom. The molecule has 0 fully saturated rings. The first-order valence-corrected chi connectivity index (χ1v) is 13.9. The Labute approximate surface area is 248 Å². The van der Waals surface area contributed by atoms with Crippen LogP contribution in [0.5, 0.6) is 0 Å². The third-order valence-electron chi connectivity index (χ3n) is 6.93. The SMILES string of the molecule is COC(=O)[C@H](CCCN=C(N)N)NC(=O)[C@H](Cc1c[nH]c2ccccc12)NC(=O)[C@@H](N)Cc1cnc(-c2ccccc2)[nH]1. The summed E-state index contributed by atoms with van der Waals surface area (Å²) in [5.41, 5.74) is 20.3. The van der Waals surface area contributed by atoms with Crippen molar-refractivity contribution in [3.8, 4) is 11.4 Å². The number of aromatic amines is 2. The summed E-state index contributed by atoms with van der Waals surface area (Å²) in [4.78, 5) is 54.0. The zero-order valence-corrected chi connectivity index (χ0v) is 23.9.